The summed E-state index contributed by atoms with van der Waals surface area (Å²) in [5.74, 6) is 0.909. The minimum Gasteiger partial charge on any atom is -0.462 e. The molecule has 0 aromatic carbocycles. The van der Waals surface area contributed by atoms with Crippen molar-refractivity contribution in [3.05, 3.63) is 0 Å². The second-order valence-corrected chi connectivity index (χ2v) is 32.3. The molecule has 0 aromatic heterocycles. The van der Waals surface area contributed by atoms with Crippen LogP contribution in [0.1, 0.15) is 389 Å². The summed E-state index contributed by atoms with van der Waals surface area (Å²) in [6.45, 7) is 14.2. The number of hydrogen-bond acceptors (Lipinski definition) is 15. The quantitative estimate of drug-likeness (QED) is 0.0222. The third-order valence-corrected chi connectivity index (χ3v) is 20.1. The fraction of sp³-hybridized carbons (Fsp3) is 0.948. The smallest absolute Gasteiger partial charge is 0.462 e. The number of ether oxygens (including phenoxy) is 4. The van der Waals surface area contributed by atoms with Crippen LogP contribution >= 0.6 is 15.6 Å². The van der Waals surface area contributed by atoms with Gasteiger partial charge in [-0.1, -0.05) is 338 Å². The average Bonchev–Trinajstić information content (AvgIpc) is 1.67. The lowest BCUT2D eigenvalue weighted by molar-refractivity contribution is -0.161. The maximum Gasteiger partial charge on any atom is 0.472 e. The number of aliphatic hydroxyl groups excluding tert-OH is 1. The molecule has 0 aromatic rings. The highest BCUT2D eigenvalue weighted by Crippen LogP contribution is 2.45. The van der Waals surface area contributed by atoms with E-state index in [1.807, 2.05) is 0 Å². The topological polar surface area (TPSA) is 237 Å². The Bertz CT molecular complexity index is 1890. The molecule has 0 aliphatic rings. The highest BCUT2D eigenvalue weighted by atomic mass is 31.2. The second-order valence-electron chi connectivity index (χ2n) is 29.4. The van der Waals surface area contributed by atoms with Crippen molar-refractivity contribution >= 4 is 39.5 Å². The van der Waals surface area contributed by atoms with Gasteiger partial charge in [0.05, 0.1) is 26.4 Å². The van der Waals surface area contributed by atoms with Crippen LogP contribution in [0.15, 0.2) is 0 Å². The summed E-state index contributed by atoms with van der Waals surface area (Å²) in [5.41, 5.74) is 0. The van der Waals surface area contributed by atoms with Gasteiger partial charge in [-0.05, 0) is 49.4 Å². The van der Waals surface area contributed by atoms with E-state index in [9.17, 15) is 43.2 Å². The van der Waals surface area contributed by atoms with Gasteiger partial charge in [0.1, 0.15) is 19.3 Å². The van der Waals surface area contributed by atoms with Crippen LogP contribution < -0.4 is 0 Å². The zero-order valence-corrected chi connectivity index (χ0v) is 64.8. The third kappa shape index (κ3) is 69.2. The van der Waals surface area contributed by atoms with Gasteiger partial charge in [0.15, 0.2) is 12.2 Å². The molecule has 0 amide bonds. The van der Waals surface area contributed by atoms with Crippen LogP contribution in [0, 0.1) is 23.7 Å². The lowest BCUT2D eigenvalue weighted by Crippen LogP contribution is -2.30. The molecule has 0 saturated heterocycles. The van der Waals surface area contributed by atoms with E-state index in [4.69, 9.17) is 37.0 Å². The van der Waals surface area contributed by atoms with Crippen LogP contribution in [0.25, 0.3) is 0 Å². The molecule has 0 spiro atoms. The predicted octanol–water partition coefficient (Wildman–Crippen LogP) is 22.4. The minimum absolute atomic E-state index is 0.103. The molecule has 17 nitrogen and oxygen atoms in total. The van der Waals surface area contributed by atoms with Crippen LogP contribution in [-0.4, -0.2) is 96.7 Å². The first-order valence-electron chi connectivity index (χ1n) is 39.7. The second kappa shape index (κ2) is 66.3. The molecular weight excluding hydrogens is 1260 g/mol. The Balaban J connectivity index is 5.17. The molecule has 0 heterocycles. The number of aliphatic hydroxyl groups is 1. The van der Waals surface area contributed by atoms with E-state index in [-0.39, 0.29) is 25.7 Å². The van der Waals surface area contributed by atoms with Crippen LogP contribution in [0.5, 0.6) is 0 Å². The van der Waals surface area contributed by atoms with Gasteiger partial charge in [0.25, 0.3) is 0 Å². The summed E-state index contributed by atoms with van der Waals surface area (Å²) in [6, 6.07) is 0. The first-order valence-corrected chi connectivity index (χ1v) is 42.7. The Hall–Kier alpha value is -1.94. The zero-order valence-electron chi connectivity index (χ0n) is 63.0. The van der Waals surface area contributed by atoms with Gasteiger partial charge in [0.2, 0.25) is 0 Å². The molecule has 6 atom stereocenters. The standard InChI is InChI=1S/C77H150O17P2/c1-9-70(8)56-48-40-35-36-44-52-60-77(82)94-73(64-87-74(79)57-49-41-32-26-22-18-13-11-10-12-16-20-24-29-37-45-53-67(2)3)66-92-96(85,86)90-62-71(78)61-89-95(83,84)91-65-72(63-88-75(80)58-50-42-34-28-31-39-47-55-69(6)7)93-76(81)59-51-43-33-27-23-19-15-14-17-21-25-30-38-46-54-68(4)5/h67-73,78H,9-66H2,1-8H3,(H,83,84)(H,85,86)/t70?,71?,72-,73-/m1/s1. The lowest BCUT2D eigenvalue weighted by Gasteiger charge is -2.21. The Labute approximate surface area is 588 Å². The Morgan fingerprint density at radius 1 is 0.292 bits per heavy atom. The van der Waals surface area contributed by atoms with E-state index in [0.29, 0.717) is 31.6 Å². The highest BCUT2D eigenvalue weighted by Gasteiger charge is 2.30. The first kappa shape index (κ1) is 94.1. The van der Waals surface area contributed by atoms with Gasteiger partial charge in [-0.2, -0.15) is 0 Å². The fourth-order valence-corrected chi connectivity index (χ4v) is 13.3. The third-order valence-electron chi connectivity index (χ3n) is 18.2. The molecule has 0 radical (unpaired) electrons. The van der Waals surface area contributed by atoms with E-state index >= 15 is 0 Å². The SMILES string of the molecule is CCC(C)CCCCCCCCC(=O)O[C@H](COC(=O)CCCCCCCCCCCCCCCCCCC(C)C)COP(=O)(O)OCC(O)COP(=O)(O)OC[C@@H](COC(=O)CCCCCCCCCC(C)C)OC(=O)CCCCCCCCCCCCCCCCC(C)C. The molecule has 3 N–H and O–H groups in total. The fourth-order valence-electron chi connectivity index (χ4n) is 11.7. The predicted molar refractivity (Wildman–Crippen MR) is 391 cm³/mol. The maximum atomic E-state index is 13.1. The number of rotatable bonds is 74. The molecular formula is C77H150O17P2. The number of carbonyl (C=O) groups excluding carboxylic acids is 4. The monoisotopic (exact) mass is 1410 g/mol. The normalized spacial score (nSPS) is 14.4. The molecule has 0 bridgehead atoms. The summed E-state index contributed by atoms with van der Waals surface area (Å²) < 4.78 is 68.5. The van der Waals surface area contributed by atoms with Gasteiger partial charge >= 0.3 is 39.5 Å². The number of hydrogen-bond donors (Lipinski definition) is 3. The summed E-state index contributed by atoms with van der Waals surface area (Å²) in [7, 11) is -9.91. The van der Waals surface area contributed by atoms with Crippen molar-refractivity contribution in [1.29, 1.82) is 0 Å². The van der Waals surface area contributed by atoms with Crippen molar-refractivity contribution < 1.29 is 80.2 Å². The van der Waals surface area contributed by atoms with Gasteiger partial charge < -0.3 is 33.8 Å². The molecule has 0 aliphatic heterocycles. The van der Waals surface area contributed by atoms with Crippen LogP contribution in [0.3, 0.4) is 0 Å². The lowest BCUT2D eigenvalue weighted by atomic mass is 10.00. The van der Waals surface area contributed by atoms with E-state index in [2.05, 4.69) is 55.4 Å². The molecule has 570 valence electrons. The summed E-state index contributed by atoms with van der Waals surface area (Å²) >= 11 is 0. The van der Waals surface area contributed by atoms with Crippen LogP contribution in [-0.2, 0) is 65.4 Å². The van der Waals surface area contributed by atoms with Crippen LogP contribution in [0.4, 0.5) is 0 Å². The van der Waals surface area contributed by atoms with E-state index in [1.165, 1.54) is 186 Å². The van der Waals surface area contributed by atoms with Crippen molar-refractivity contribution in [3.8, 4) is 0 Å². The highest BCUT2D eigenvalue weighted by molar-refractivity contribution is 7.47. The summed E-state index contributed by atoms with van der Waals surface area (Å²) in [5, 5.41) is 10.6. The maximum absolute atomic E-state index is 13.1. The average molecular weight is 1410 g/mol. The Morgan fingerprint density at radius 3 is 0.740 bits per heavy atom. The summed E-state index contributed by atoms with van der Waals surface area (Å²) in [6.07, 6.45) is 51.6. The molecule has 4 unspecified atom stereocenters. The van der Waals surface area contributed by atoms with E-state index in [1.54, 1.807) is 0 Å². The van der Waals surface area contributed by atoms with Gasteiger partial charge in [-0.3, -0.25) is 37.3 Å². The van der Waals surface area contributed by atoms with E-state index < -0.39 is 97.5 Å². The minimum atomic E-state index is -4.96. The number of esters is 4. The number of unbranched alkanes of at least 4 members (excludes halogenated alkanes) is 39. The molecule has 0 fully saturated rings. The molecule has 0 aliphatic carbocycles. The zero-order chi connectivity index (χ0) is 71.0. The van der Waals surface area contributed by atoms with Crippen molar-refractivity contribution in [2.75, 3.05) is 39.6 Å². The molecule has 0 saturated carbocycles. The largest absolute Gasteiger partial charge is 0.472 e. The van der Waals surface area contributed by atoms with Gasteiger partial charge in [0, 0.05) is 25.7 Å². The van der Waals surface area contributed by atoms with E-state index in [0.717, 1.165) is 114 Å². The Morgan fingerprint density at radius 2 is 0.500 bits per heavy atom. The van der Waals surface area contributed by atoms with Crippen molar-refractivity contribution in [3.63, 3.8) is 0 Å². The van der Waals surface area contributed by atoms with Gasteiger partial charge in [-0.25, -0.2) is 9.13 Å². The number of phosphoric ester groups is 2. The first-order chi connectivity index (χ1) is 46.1. The summed E-state index contributed by atoms with van der Waals surface area (Å²) in [4.78, 5) is 72.8. The van der Waals surface area contributed by atoms with Crippen molar-refractivity contribution in [2.45, 2.75) is 408 Å². The van der Waals surface area contributed by atoms with Crippen molar-refractivity contribution in [2.24, 2.45) is 23.7 Å². The molecule has 19 heteroatoms. The van der Waals surface area contributed by atoms with Crippen molar-refractivity contribution in [1.82, 2.24) is 0 Å². The molecule has 96 heavy (non-hydrogen) atoms. The van der Waals surface area contributed by atoms with Crippen LogP contribution in [0.2, 0.25) is 0 Å². The van der Waals surface area contributed by atoms with Gasteiger partial charge in [-0.15, -0.1) is 0 Å². The number of phosphoric acid groups is 2. The Kier molecular flexibility index (Phi) is 65.0. The molecule has 0 rings (SSSR count). The number of carbonyl (C=O) groups is 4.